The Morgan fingerprint density at radius 2 is 2.11 bits per heavy atom. The van der Waals surface area contributed by atoms with Crippen LogP contribution in [0.15, 0.2) is 48.7 Å². The molecular formula is C21H21FN4O. The first-order chi connectivity index (χ1) is 13.2. The predicted molar refractivity (Wildman–Crippen MR) is 100 cm³/mol. The molecule has 3 aromatic rings. The van der Waals surface area contributed by atoms with Crippen molar-refractivity contribution in [3.8, 4) is 5.69 Å². The van der Waals surface area contributed by atoms with Crippen molar-refractivity contribution in [2.75, 3.05) is 0 Å². The summed E-state index contributed by atoms with van der Waals surface area (Å²) in [4.78, 5) is 17.2. The number of benzene rings is 1. The molecule has 0 radical (unpaired) electrons. The molecule has 0 spiro atoms. The molecule has 1 amide bonds. The lowest BCUT2D eigenvalue weighted by Gasteiger charge is -2.09. The maximum atomic E-state index is 13.7. The standard InChI is InChI=1S/C21H21FN4O/c1-2-18-19(21(27)24-13-16-7-3-4-11-23-16)20(14-9-10-14)25-26(18)17-8-5-6-15(22)12-17/h3-8,11-12,14H,2,9-10,13H2,1H3,(H,24,27). The highest BCUT2D eigenvalue weighted by atomic mass is 19.1. The van der Waals surface area contributed by atoms with Crippen LogP contribution in [0.25, 0.3) is 5.69 Å². The van der Waals surface area contributed by atoms with Gasteiger partial charge in [0, 0.05) is 12.1 Å². The van der Waals surface area contributed by atoms with Crippen molar-refractivity contribution in [3.63, 3.8) is 0 Å². The molecule has 0 aliphatic heterocycles. The van der Waals surface area contributed by atoms with Crippen LogP contribution in [0.1, 0.15) is 53.1 Å². The van der Waals surface area contributed by atoms with Gasteiger partial charge < -0.3 is 5.32 Å². The number of hydrogen-bond acceptors (Lipinski definition) is 3. The second-order valence-corrected chi connectivity index (χ2v) is 6.73. The van der Waals surface area contributed by atoms with E-state index in [0.717, 1.165) is 29.9 Å². The van der Waals surface area contributed by atoms with Gasteiger partial charge in [-0.3, -0.25) is 9.78 Å². The second-order valence-electron chi connectivity index (χ2n) is 6.73. The molecule has 1 aromatic carbocycles. The average Bonchev–Trinajstić information content (AvgIpc) is 3.46. The zero-order chi connectivity index (χ0) is 18.8. The van der Waals surface area contributed by atoms with E-state index in [4.69, 9.17) is 5.10 Å². The number of halogens is 1. The Morgan fingerprint density at radius 3 is 2.78 bits per heavy atom. The SMILES string of the molecule is CCc1c(C(=O)NCc2ccccn2)c(C2CC2)nn1-c1cccc(F)c1. The van der Waals surface area contributed by atoms with Gasteiger partial charge in [0.25, 0.3) is 5.91 Å². The Balaban J connectivity index is 1.69. The van der Waals surface area contributed by atoms with Crippen LogP contribution >= 0.6 is 0 Å². The summed E-state index contributed by atoms with van der Waals surface area (Å²) in [6.07, 6.45) is 4.40. The van der Waals surface area contributed by atoms with Crippen molar-refractivity contribution in [1.82, 2.24) is 20.1 Å². The van der Waals surface area contributed by atoms with Crippen molar-refractivity contribution in [2.45, 2.75) is 38.6 Å². The van der Waals surface area contributed by atoms with Gasteiger partial charge in [-0.15, -0.1) is 0 Å². The van der Waals surface area contributed by atoms with Crippen LogP contribution in [0.5, 0.6) is 0 Å². The molecule has 0 bridgehead atoms. The summed E-state index contributed by atoms with van der Waals surface area (Å²) in [6, 6.07) is 11.9. The Kier molecular flexibility index (Phi) is 4.71. The molecule has 1 aliphatic carbocycles. The smallest absolute Gasteiger partial charge is 0.255 e. The van der Waals surface area contributed by atoms with Gasteiger partial charge in [0.1, 0.15) is 5.82 Å². The highest BCUT2D eigenvalue weighted by Gasteiger charge is 2.34. The van der Waals surface area contributed by atoms with Crippen molar-refractivity contribution < 1.29 is 9.18 Å². The topological polar surface area (TPSA) is 59.8 Å². The summed E-state index contributed by atoms with van der Waals surface area (Å²) >= 11 is 0. The molecule has 1 fully saturated rings. The number of pyridine rings is 1. The van der Waals surface area contributed by atoms with E-state index in [-0.39, 0.29) is 11.7 Å². The molecule has 2 aromatic heterocycles. The third kappa shape index (κ3) is 3.60. The summed E-state index contributed by atoms with van der Waals surface area (Å²) in [5, 5.41) is 7.66. The van der Waals surface area contributed by atoms with E-state index >= 15 is 0 Å². The number of carbonyl (C=O) groups excluding carboxylic acids is 1. The van der Waals surface area contributed by atoms with E-state index in [2.05, 4.69) is 10.3 Å². The Hall–Kier alpha value is -3.02. The molecule has 6 heteroatoms. The van der Waals surface area contributed by atoms with Gasteiger partial charge in [-0.25, -0.2) is 9.07 Å². The lowest BCUT2D eigenvalue weighted by molar-refractivity contribution is 0.0948. The maximum absolute atomic E-state index is 13.7. The van der Waals surface area contributed by atoms with Crippen molar-refractivity contribution in [2.24, 2.45) is 0 Å². The first-order valence-electron chi connectivity index (χ1n) is 9.23. The highest BCUT2D eigenvalue weighted by molar-refractivity contribution is 5.97. The van der Waals surface area contributed by atoms with E-state index in [1.54, 1.807) is 16.9 Å². The largest absolute Gasteiger partial charge is 0.346 e. The predicted octanol–water partition coefficient (Wildman–Crippen LogP) is 3.78. The van der Waals surface area contributed by atoms with Gasteiger partial charge >= 0.3 is 0 Å². The molecular weight excluding hydrogens is 343 g/mol. The Bertz CT molecular complexity index is 964. The third-order valence-corrected chi connectivity index (χ3v) is 4.74. The van der Waals surface area contributed by atoms with E-state index < -0.39 is 0 Å². The minimum atomic E-state index is -0.320. The second kappa shape index (κ2) is 7.31. The molecule has 27 heavy (non-hydrogen) atoms. The first kappa shape index (κ1) is 17.4. The molecule has 0 saturated heterocycles. The van der Waals surface area contributed by atoms with Gasteiger partial charge in [0.05, 0.1) is 34.9 Å². The zero-order valence-corrected chi connectivity index (χ0v) is 15.2. The average molecular weight is 364 g/mol. The van der Waals surface area contributed by atoms with Gasteiger partial charge in [-0.2, -0.15) is 5.10 Å². The maximum Gasteiger partial charge on any atom is 0.255 e. The van der Waals surface area contributed by atoms with Crippen LogP contribution in [0.4, 0.5) is 4.39 Å². The fourth-order valence-corrected chi connectivity index (χ4v) is 3.27. The van der Waals surface area contributed by atoms with Crippen molar-refractivity contribution >= 4 is 5.91 Å². The number of nitrogens with one attached hydrogen (secondary N) is 1. The molecule has 1 saturated carbocycles. The van der Waals surface area contributed by atoms with Gasteiger partial charge in [0.2, 0.25) is 0 Å². The first-order valence-corrected chi connectivity index (χ1v) is 9.23. The van der Waals surface area contributed by atoms with E-state index in [1.807, 2.05) is 31.2 Å². The van der Waals surface area contributed by atoms with Crippen LogP contribution in [0.3, 0.4) is 0 Å². The van der Waals surface area contributed by atoms with Crippen LogP contribution in [0, 0.1) is 5.82 Å². The number of hydrogen-bond donors (Lipinski definition) is 1. The normalized spacial score (nSPS) is 13.6. The van der Waals surface area contributed by atoms with E-state index in [9.17, 15) is 9.18 Å². The van der Waals surface area contributed by atoms with Crippen LogP contribution in [0.2, 0.25) is 0 Å². The summed E-state index contributed by atoms with van der Waals surface area (Å²) in [7, 11) is 0. The number of carbonyl (C=O) groups is 1. The number of aromatic nitrogens is 3. The lowest BCUT2D eigenvalue weighted by atomic mass is 10.1. The van der Waals surface area contributed by atoms with Crippen LogP contribution in [-0.4, -0.2) is 20.7 Å². The monoisotopic (exact) mass is 364 g/mol. The van der Waals surface area contributed by atoms with Gasteiger partial charge in [0.15, 0.2) is 0 Å². The fraction of sp³-hybridized carbons (Fsp3) is 0.286. The highest BCUT2D eigenvalue weighted by Crippen LogP contribution is 2.42. The number of amides is 1. The molecule has 0 atom stereocenters. The molecule has 1 aliphatic rings. The molecule has 1 N–H and O–H groups in total. The van der Waals surface area contributed by atoms with Crippen molar-refractivity contribution in [1.29, 1.82) is 0 Å². The molecule has 5 nitrogen and oxygen atoms in total. The number of nitrogens with zero attached hydrogens (tertiary/aromatic N) is 3. The van der Waals surface area contributed by atoms with Gasteiger partial charge in [-0.05, 0) is 49.6 Å². The summed E-state index contributed by atoms with van der Waals surface area (Å²) in [5.41, 5.74) is 3.68. The molecule has 0 unspecified atom stereocenters. The Labute approximate surface area is 157 Å². The quantitative estimate of drug-likeness (QED) is 0.724. The molecule has 2 heterocycles. The molecule has 138 valence electrons. The minimum Gasteiger partial charge on any atom is -0.346 e. The summed E-state index contributed by atoms with van der Waals surface area (Å²) in [5.74, 6) is -0.165. The zero-order valence-electron chi connectivity index (χ0n) is 15.2. The lowest BCUT2D eigenvalue weighted by Crippen LogP contribution is -2.25. The van der Waals surface area contributed by atoms with Gasteiger partial charge in [-0.1, -0.05) is 19.1 Å². The van der Waals surface area contributed by atoms with Crippen LogP contribution in [-0.2, 0) is 13.0 Å². The van der Waals surface area contributed by atoms with E-state index in [1.165, 1.54) is 12.1 Å². The summed E-state index contributed by atoms with van der Waals surface area (Å²) in [6.45, 7) is 2.34. The minimum absolute atomic E-state index is 0.151. The number of rotatable bonds is 6. The molecule has 4 rings (SSSR count). The van der Waals surface area contributed by atoms with Crippen LogP contribution < -0.4 is 5.32 Å². The van der Waals surface area contributed by atoms with E-state index in [0.29, 0.717) is 30.1 Å². The third-order valence-electron chi connectivity index (χ3n) is 4.74. The Morgan fingerprint density at radius 1 is 1.26 bits per heavy atom. The fourth-order valence-electron chi connectivity index (χ4n) is 3.27. The van der Waals surface area contributed by atoms with Crippen molar-refractivity contribution in [3.05, 3.63) is 77.1 Å². The summed E-state index contributed by atoms with van der Waals surface area (Å²) < 4.78 is 15.4.